The van der Waals surface area contributed by atoms with Crippen LogP contribution in [-0.4, -0.2) is 18.4 Å². The van der Waals surface area contributed by atoms with E-state index in [1.54, 1.807) is 6.92 Å². The topological polar surface area (TPSA) is 67.4 Å². The number of ketones is 1. The number of rotatable bonds is 5. The maximum Gasteiger partial charge on any atom is 0.319 e. The number of hydrogen-bond acceptors (Lipinski definition) is 3. The lowest BCUT2D eigenvalue weighted by molar-refractivity contribution is -0.114. The number of nitrogens with one attached hydrogen (secondary N) is 2. The predicted octanol–water partition coefficient (Wildman–Crippen LogP) is 2.94. The van der Waals surface area contributed by atoms with Crippen LogP contribution in [-0.2, 0) is 4.79 Å². The Balaban J connectivity index is 2.43. The number of hydrogen-bond donors (Lipinski definition) is 2. The summed E-state index contributed by atoms with van der Waals surface area (Å²) in [7, 11) is 0. The summed E-state index contributed by atoms with van der Waals surface area (Å²) in [6.07, 6.45) is 0. The van der Waals surface area contributed by atoms with Crippen molar-refractivity contribution in [3.05, 3.63) is 41.1 Å². The molecule has 0 spiro atoms. The second kappa shape index (κ2) is 6.64. The van der Waals surface area contributed by atoms with E-state index in [4.69, 9.17) is 4.74 Å². The van der Waals surface area contributed by atoms with Crippen LogP contribution in [0.15, 0.2) is 35.5 Å². The summed E-state index contributed by atoms with van der Waals surface area (Å²) in [6.45, 7) is 7.95. The number of ether oxygens (including phenoxy) is 1. The van der Waals surface area contributed by atoms with Gasteiger partial charge in [0.15, 0.2) is 5.78 Å². The molecule has 0 fully saturated rings. The number of benzene rings is 1. The van der Waals surface area contributed by atoms with Crippen LogP contribution in [0.25, 0.3) is 0 Å². The summed E-state index contributed by atoms with van der Waals surface area (Å²) in [5.74, 6) is 1.00. The highest BCUT2D eigenvalue weighted by Crippen LogP contribution is 2.33. The first-order chi connectivity index (χ1) is 10.4. The SMILES string of the molecule is CC(=O)C1=C(C)NC(=O)N[C@H]1c1ccccc1OCC(C)C. The normalized spacial score (nSPS) is 18.0. The molecule has 0 aromatic heterocycles. The molecule has 1 aromatic carbocycles. The molecule has 22 heavy (non-hydrogen) atoms. The van der Waals surface area contributed by atoms with E-state index in [2.05, 4.69) is 24.5 Å². The van der Waals surface area contributed by atoms with E-state index < -0.39 is 6.04 Å². The molecule has 0 unspecified atom stereocenters. The second-order valence-electron chi connectivity index (χ2n) is 5.87. The molecule has 5 heteroatoms. The minimum absolute atomic E-state index is 0.0753. The maximum atomic E-state index is 12.0. The van der Waals surface area contributed by atoms with Crippen LogP contribution in [0.2, 0.25) is 0 Å². The molecule has 0 aliphatic carbocycles. The van der Waals surface area contributed by atoms with Crippen LogP contribution < -0.4 is 15.4 Å². The minimum Gasteiger partial charge on any atom is -0.493 e. The molecule has 1 atom stereocenters. The Morgan fingerprint density at radius 1 is 1.32 bits per heavy atom. The Bertz CT molecular complexity index is 620. The van der Waals surface area contributed by atoms with Crippen molar-refractivity contribution >= 4 is 11.8 Å². The van der Waals surface area contributed by atoms with Gasteiger partial charge in [-0.1, -0.05) is 32.0 Å². The zero-order valence-electron chi connectivity index (χ0n) is 13.4. The van der Waals surface area contributed by atoms with Gasteiger partial charge in [-0.2, -0.15) is 0 Å². The minimum atomic E-state index is -0.491. The Labute approximate surface area is 130 Å². The fraction of sp³-hybridized carbons (Fsp3) is 0.412. The number of allylic oxidation sites excluding steroid dienone is 1. The van der Waals surface area contributed by atoms with Crippen molar-refractivity contribution in [3.63, 3.8) is 0 Å². The third kappa shape index (κ3) is 3.47. The number of Topliss-reactive ketones (excluding diaryl/α,β-unsaturated/α-hetero) is 1. The zero-order valence-corrected chi connectivity index (χ0v) is 13.4. The van der Waals surface area contributed by atoms with E-state index in [1.807, 2.05) is 24.3 Å². The molecular formula is C17H22N2O3. The fourth-order valence-corrected chi connectivity index (χ4v) is 2.50. The van der Waals surface area contributed by atoms with E-state index in [1.165, 1.54) is 6.92 Å². The van der Waals surface area contributed by atoms with Crippen molar-refractivity contribution in [1.82, 2.24) is 10.6 Å². The average molecular weight is 302 g/mol. The molecule has 118 valence electrons. The van der Waals surface area contributed by atoms with Gasteiger partial charge in [0.1, 0.15) is 5.75 Å². The van der Waals surface area contributed by atoms with Gasteiger partial charge in [0.25, 0.3) is 0 Å². The van der Waals surface area contributed by atoms with E-state index in [0.29, 0.717) is 29.5 Å². The molecule has 1 aliphatic heterocycles. The van der Waals surface area contributed by atoms with Gasteiger partial charge in [-0.15, -0.1) is 0 Å². The molecule has 1 aromatic rings. The highest BCUT2D eigenvalue weighted by atomic mass is 16.5. The standard InChI is InChI=1S/C17H22N2O3/c1-10(2)9-22-14-8-6-5-7-13(14)16-15(12(4)20)11(3)18-17(21)19-16/h5-8,10,16H,9H2,1-4H3,(H2,18,19,21)/t16-/m0/s1. The fourth-order valence-electron chi connectivity index (χ4n) is 2.50. The number of urea groups is 1. The number of para-hydroxylation sites is 1. The first kappa shape index (κ1) is 16.1. The molecule has 2 amide bonds. The van der Waals surface area contributed by atoms with Gasteiger partial charge in [-0.05, 0) is 25.8 Å². The van der Waals surface area contributed by atoms with E-state index in [-0.39, 0.29) is 11.8 Å². The Hall–Kier alpha value is -2.30. The molecule has 1 heterocycles. The summed E-state index contributed by atoms with van der Waals surface area (Å²) in [5.41, 5.74) is 1.93. The van der Waals surface area contributed by atoms with Crippen LogP contribution in [0.4, 0.5) is 4.79 Å². The summed E-state index contributed by atoms with van der Waals surface area (Å²) in [6, 6.07) is 6.69. The summed E-state index contributed by atoms with van der Waals surface area (Å²) >= 11 is 0. The Morgan fingerprint density at radius 2 is 2.00 bits per heavy atom. The summed E-state index contributed by atoms with van der Waals surface area (Å²) < 4.78 is 5.84. The third-order valence-electron chi connectivity index (χ3n) is 3.45. The lowest BCUT2D eigenvalue weighted by Crippen LogP contribution is -2.44. The lowest BCUT2D eigenvalue weighted by Gasteiger charge is -2.29. The summed E-state index contributed by atoms with van der Waals surface area (Å²) in [4.78, 5) is 23.8. The molecule has 2 rings (SSSR count). The molecule has 0 bridgehead atoms. The van der Waals surface area contributed by atoms with Crippen molar-refractivity contribution in [2.45, 2.75) is 33.7 Å². The number of carbonyl (C=O) groups is 2. The lowest BCUT2D eigenvalue weighted by atomic mass is 9.92. The van der Waals surface area contributed by atoms with Gasteiger partial charge in [-0.3, -0.25) is 4.79 Å². The first-order valence-electron chi connectivity index (χ1n) is 7.41. The van der Waals surface area contributed by atoms with Gasteiger partial charge in [0.2, 0.25) is 0 Å². The maximum absolute atomic E-state index is 12.0. The number of carbonyl (C=O) groups excluding carboxylic acids is 2. The van der Waals surface area contributed by atoms with Gasteiger partial charge in [0.05, 0.1) is 12.6 Å². The van der Waals surface area contributed by atoms with E-state index in [9.17, 15) is 9.59 Å². The average Bonchev–Trinajstić information content (AvgIpc) is 2.44. The first-order valence-corrected chi connectivity index (χ1v) is 7.41. The zero-order chi connectivity index (χ0) is 16.3. The predicted molar refractivity (Wildman–Crippen MR) is 84.6 cm³/mol. The van der Waals surface area contributed by atoms with Crippen molar-refractivity contribution in [2.75, 3.05) is 6.61 Å². The highest BCUT2D eigenvalue weighted by Gasteiger charge is 2.30. The van der Waals surface area contributed by atoms with Gasteiger partial charge in [-0.25, -0.2) is 4.79 Å². The van der Waals surface area contributed by atoms with Crippen molar-refractivity contribution < 1.29 is 14.3 Å². The third-order valence-corrected chi connectivity index (χ3v) is 3.45. The molecule has 0 radical (unpaired) electrons. The van der Waals surface area contributed by atoms with Crippen LogP contribution in [0.1, 0.15) is 39.3 Å². The molecule has 2 N–H and O–H groups in total. The monoisotopic (exact) mass is 302 g/mol. The van der Waals surface area contributed by atoms with Gasteiger partial charge < -0.3 is 15.4 Å². The smallest absolute Gasteiger partial charge is 0.319 e. The van der Waals surface area contributed by atoms with Crippen molar-refractivity contribution in [3.8, 4) is 5.75 Å². The van der Waals surface area contributed by atoms with Gasteiger partial charge in [0, 0.05) is 16.8 Å². The Morgan fingerprint density at radius 3 is 2.64 bits per heavy atom. The van der Waals surface area contributed by atoms with Crippen LogP contribution in [0.3, 0.4) is 0 Å². The van der Waals surface area contributed by atoms with E-state index >= 15 is 0 Å². The van der Waals surface area contributed by atoms with Crippen molar-refractivity contribution in [1.29, 1.82) is 0 Å². The highest BCUT2D eigenvalue weighted by molar-refractivity contribution is 5.98. The molecule has 1 aliphatic rings. The van der Waals surface area contributed by atoms with Crippen LogP contribution >= 0.6 is 0 Å². The largest absolute Gasteiger partial charge is 0.493 e. The summed E-state index contributed by atoms with van der Waals surface area (Å²) in [5, 5.41) is 5.46. The molecule has 0 saturated carbocycles. The number of amides is 2. The second-order valence-corrected chi connectivity index (χ2v) is 5.87. The molecule has 0 saturated heterocycles. The Kier molecular flexibility index (Phi) is 4.85. The van der Waals surface area contributed by atoms with Crippen LogP contribution in [0.5, 0.6) is 5.75 Å². The molecule has 5 nitrogen and oxygen atoms in total. The quantitative estimate of drug-likeness (QED) is 0.878. The van der Waals surface area contributed by atoms with Crippen LogP contribution in [0, 0.1) is 5.92 Å². The van der Waals surface area contributed by atoms with Gasteiger partial charge >= 0.3 is 6.03 Å². The van der Waals surface area contributed by atoms with Crippen molar-refractivity contribution in [2.24, 2.45) is 5.92 Å². The molecular weight excluding hydrogens is 280 g/mol. The van der Waals surface area contributed by atoms with E-state index in [0.717, 1.165) is 5.56 Å².